The minimum atomic E-state index is 0.518. The number of fused-ring (bicyclic) bond motifs is 3. The minimum Gasteiger partial charge on any atom is -0.208 e. The second kappa shape index (κ2) is 14.8. The number of aromatic nitrogens is 3. The van der Waals surface area contributed by atoms with Gasteiger partial charge in [0.25, 0.3) is 0 Å². The molecule has 3 nitrogen and oxygen atoms in total. The van der Waals surface area contributed by atoms with Crippen LogP contribution in [0.15, 0.2) is 162 Å². The van der Waals surface area contributed by atoms with Gasteiger partial charge in [-0.15, -0.1) is 11.3 Å². The van der Waals surface area contributed by atoms with Gasteiger partial charge in [-0.05, 0) is 120 Å². The van der Waals surface area contributed by atoms with E-state index in [2.05, 4.69) is 140 Å². The van der Waals surface area contributed by atoms with Crippen LogP contribution >= 0.6 is 11.3 Å². The third-order valence-corrected chi connectivity index (χ3v) is 13.1. The van der Waals surface area contributed by atoms with Crippen molar-refractivity contribution >= 4 is 33.1 Å². The molecule has 6 aromatic rings. The van der Waals surface area contributed by atoms with Gasteiger partial charge in [-0.2, -0.15) is 0 Å². The molecule has 4 aromatic carbocycles. The lowest BCUT2D eigenvalue weighted by Crippen LogP contribution is -2.05. The number of thiophene rings is 1. The number of nitrogens with zero attached hydrogens (tertiary/aromatic N) is 3. The number of hydrogen-bond acceptors (Lipinski definition) is 4. The van der Waals surface area contributed by atoms with Crippen molar-refractivity contribution in [3.05, 3.63) is 183 Å². The van der Waals surface area contributed by atoms with Gasteiger partial charge in [-0.1, -0.05) is 134 Å². The molecule has 4 heteroatoms. The molecule has 10 rings (SSSR count). The Morgan fingerprint density at radius 1 is 0.527 bits per heavy atom. The molecule has 1 atom stereocenters. The van der Waals surface area contributed by atoms with E-state index in [0.717, 1.165) is 80.3 Å². The predicted molar refractivity (Wildman–Crippen MR) is 231 cm³/mol. The monoisotopic (exact) mass is 729 g/mol. The van der Waals surface area contributed by atoms with Gasteiger partial charge in [0, 0.05) is 31.7 Å². The van der Waals surface area contributed by atoms with Crippen molar-refractivity contribution in [2.45, 2.75) is 63.7 Å². The summed E-state index contributed by atoms with van der Waals surface area (Å²) in [7, 11) is 0. The topological polar surface area (TPSA) is 38.7 Å². The molecule has 268 valence electrons. The fraction of sp³-hybridized carbons (Fsp3) is 0.196. The van der Waals surface area contributed by atoms with E-state index >= 15 is 0 Å². The average Bonchev–Trinajstić information content (AvgIpc) is 3.66. The van der Waals surface area contributed by atoms with Gasteiger partial charge in [0.05, 0.1) is 0 Å². The summed E-state index contributed by atoms with van der Waals surface area (Å²) in [5, 5.41) is 1.26. The van der Waals surface area contributed by atoms with Gasteiger partial charge in [0.2, 0.25) is 0 Å². The SMILES string of the molecule is C1=CCCC(C2=CC=C(C3=Cc4c(sc5cccc(-c6nc(-c7ccccc7)nc(-c7ccc(C8CC=C(c9ccccc9)CC8)cc7)n6)c45)CC3)CC2)=C1. The Hall–Kier alpha value is -5.71. The molecule has 0 amide bonds. The summed E-state index contributed by atoms with van der Waals surface area (Å²) in [5.74, 6) is 2.65. The Morgan fingerprint density at radius 2 is 1.20 bits per heavy atom. The highest BCUT2D eigenvalue weighted by molar-refractivity contribution is 7.19. The maximum Gasteiger partial charge on any atom is 0.164 e. The summed E-state index contributed by atoms with van der Waals surface area (Å²) in [5.41, 5.74) is 14.6. The molecule has 0 spiro atoms. The third kappa shape index (κ3) is 6.81. The van der Waals surface area contributed by atoms with Crippen LogP contribution in [0.4, 0.5) is 0 Å². The zero-order valence-corrected chi connectivity index (χ0v) is 31.9. The van der Waals surface area contributed by atoms with E-state index in [4.69, 9.17) is 15.0 Å². The van der Waals surface area contributed by atoms with E-state index in [9.17, 15) is 0 Å². The van der Waals surface area contributed by atoms with Crippen LogP contribution in [0, 0.1) is 0 Å². The first-order chi connectivity index (χ1) is 27.2. The standard InChI is InChI=1S/C51H43N3S/c1-4-11-34(12-5-1)36-19-21-38(22-20-36)39-27-29-42(30-28-39)50-52-49(41-15-8-3-9-16-41)53-51(54-50)44-17-10-18-47-48(44)45-33-43(31-32-46(45)55-47)40-25-23-37(24-26-40)35-13-6-2-7-14-35/h1-6,8-13,15-19,23,25,27-30,33,38H,7,14,20-22,24,26,31-32H2. The summed E-state index contributed by atoms with van der Waals surface area (Å²) in [6.45, 7) is 0. The van der Waals surface area contributed by atoms with Crippen LogP contribution in [-0.4, -0.2) is 15.0 Å². The van der Waals surface area contributed by atoms with Gasteiger partial charge >= 0.3 is 0 Å². The fourth-order valence-electron chi connectivity index (χ4n) is 8.83. The Bertz CT molecular complexity index is 2600. The van der Waals surface area contributed by atoms with E-state index in [1.165, 1.54) is 59.5 Å². The summed E-state index contributed by atoms with van der Waals surface area (Å²) >= 11 is 1.93. The van der Waals surface area contributed by atoms with Crippen LogP contribution in [0.3, 0.4) is 0 Å². The minimum absolute atomic E-state index is 0.518. The first-order valence-corrected chi connectivity index (χ1v) is 20.7. The van der Waals surface area contributed by atoms with Crippen molar-refractivity contribution in [2.24, 2.45) is 0 Å². The number of aryl methyl sites for hydroxylation is 1. The van der Waals surface area contributed by atoms with Gasteiger partial charge in [-0.25, -0.2) is 15.0 Å². The van der Waals surface area contributed by atoms with Crippen molar-refractivity contribution in [2.75, 3.05) is 0 Å². The highest BCUT2D eigenvalue weighted by atomic mass is 32.1. The van der Waals surface area contributed by atoms with E-state index in [0.29, 0.717) is 17.6 Å². The molecule has 0 saturated heterocycles. The molecule has 0 N–H and O–H groups in total. The van der Waals surface area contributed by atoms with Crippen molar-refractivity contribution in [3.63, 3.8) is 0 Å². The molecule has 0 radical (unpaired) electrons. The second-order valence-electron chi connectivity index (χ2n) is 15.2. The largest absolute Gasteiger partial charge is 0.208 e. The molecule has 1 unspecified atom stereocenters. The van der Waals surface area contributed by atoms with Crippen LogP contribution in [-0.2, 0) is 6.42 Å². The number of allylic oxidation sites excluding steroid dienone is 11. The first kappa shape index (κ1) is 33.8. The summed E-state index contributed by atoms with van der Waals surface area (Å²) < 4.78 is 1.29. The summed E-state index contributed by atoms with van der Waals surface area (Å²) in [6.07, 6.45) is 26.5. The van der Waals surface area contributed by atoms with Crippen LogP contribution in [0.5, 0.6) is 0 Å². The number of benzene rings is 4. The van der Waals surface area contributed by atoms with Crippen LogP contribution < -0.4 is 0 Å². The zero-order chi connectivity index (χ0) is 36.6. The van der Waals surface area contributed by atoms with E-state index in [1.807, 2.05) is 17.4 Å². The molecule has 55 heavy (non-hydrogen) atoms. The number of hydrogen-bond donors (Lipinski definition) is 0. The second-order valence-corrected chi connectivity index (χ2v) is 16.3. The Balaban J connectivity index is 1.00. The third-order valence-electron chi connectivity index (χ3n) is 11.9. The van der Waals surface area contributed by atoms with Gasteiger partial charge < -0.3 is 0 Å². The van der Waals surface area contributed by atoms with Gasteiger partial charge in [0.1, 0.15) is 0 Å². The molecule has 0 aliphatic heterocycles. The lowest BCUT2D eigenvalue weighted by atomic mass is 9.82. The van der Waals surface area contributed by atoms with Crippen molar-refractivity contribution in [1.82, 2.24) is 15.0 Å². The quantitative estimate of drug-likeness (QED) is 0.164. The van der Waals surface area contributed by atoms with Crippen molar-refractivity contribution in [1.29, 1.82) is 0 Å². The Labute approximate surface area is 328 Å². The molecule has 0 saturated carbocycles. The maximum atomic E-state index is 5.25. The molecule has 2 heterocycles. The maximum absolute atomic E-state index is 5.25. The van der Waals surface area contributed by atoms with E-state index in [1.54, 1.807) is 0 Å². The van der Waals surface area contributed by atoms with E-state index in [-0.39, 0.29) is 0 Å². The smallest absolute Gasteiger partial charge is 0.164 e. The Kier molecular flexibility index (Phi) is 9.13. The zero-order valence-electron chi connectivity index (χ0n) is 31.0. The van der Waals surface area contributed by atoms with Gasteiger partial charge in [0.15, 0.2) is 17.5 Å². The summed E-state index contributed by atoms with van der Waals surface area (Å²) in [6, 6.07) is 36.8. The van der Waals surface area contributed by atoms with Crippen LogP contribution in [0.1, 0.15) is 78.9 Å². The van der Waals surface area contributed by atoms with Crippen LogP contribution in [0.2, 0.25) is 0 Å². The Morgan fingerprint density at radius 3 is 1.89 bits per heavy atom. The molecule has 4 aliphatic carbocycles. The normalized spacial score (nSPS) is 18.2. The fourth-order valence-corrected chi connectivity index (χ4v) is 10.0. The molecule has 0 bridgehead atoms. The average molecular weight is 730 g/mol. The summed E-state index contributed by atoms with van der Waals surface area (Å²) in [4.78, 5) is 17.0. The number of rotatable bonds is 7. The van der Waals surface area contributed by atoms with Crippen molar-refractivity contribution in [3.8, 4) is 34.2 Å². The molecule has 4 aliphatic rings. The predicted octanol–water partition coefficient (Wildman–Crippen LogP) is 13.7. The highest BCUT2D eigenvalue weighted by Gasteiger charge is 2.24. The molecule has 0 fully saturated rings. The lowest BCUT2D eigenvalue weighted by Gasteiger charge is -2.23. The molecular weight excluding hydrogens is 687 g/mol. The molecule has 2 aromatic heterocycles. The van der Waals surface area contributed by atoms with E-state index < -0.39 is 0 Å². The highest BCUT2D eigenvalue weighted by Crippen LogP contribution is 2.44. The van der Waals surface area contributed by atoms with Crippen molar-refractivity contribution < 1.29 is 0 Å². The first-order valence-electron chi connectivity index (χ1n) is 19.9. The van der Waals surface area contributed by atoms with Gasteiger partial charge in [-0.3, -0.25) is 0 Å². The molecular formula is C51H43N3S. The lowest BCUT2D eigenvalue weighted by molar-refractivity contribution is 0.625. The van der Waals surface area contributed by atoms with Crippen LogP contribution in [0.25, 0.3) is 55.9 Å².